The Balaban J connectivity index is 1.97. The summed E-state index contributed by atoms with van der Waals surface area (Å²) in [7, 11) is 0. The molecule has 0 amide bonds. The number of morpholine rings is 1. The summed E-state index contributed by atoms with van der Waals surface area (Å²) in [6.07, 6.45) is -0.166. The van der Waals surface area contributed by atoms with Gasteiger partial charge in [-0.05, 0) is 19.9 Å². The fourth-order valence-corrected chi connectivity index (χ4v) is 2.34. The number of carbonyl (C=O) groups is 1. The second kappa shape index (κ2) is 5.65. The number of aliphatic hydroxyl groups excluding tert-OH is 1. The lowest BCUT2D eigenvalue weighted by Gasteiger charge is -2.31. The smallest absolute Gasteiger partial charge is 0.178 e. The molecule has 5 nitrogen and oxygen atoms in total. The standard InChI is InChI=1S/C13H20N2O3/c1-9-5-12(10(2)14-9)13(17)7-15-3-4-18-11(6-15)8-16/h5,11,14,16H,3-4,6-8H2,1-2H3. The van der Waals surface area contributed by atoms with Crippen LogP contribution in [0, 0.1) is 13.8 Å². The average Bonchev–Trinajstić information content (AvgIpc) is 2.69. The minimum Gasteiger partial charge on any atom is -0.394 e. The first kappa shape index (κ1) is 13.3. The van der Waals surface area contributed by atoms with E-state index in [0.717, 1.165) is 23.5 Å². The molecule has 18 heavy (non-hydrogen) atoms. The predicted octanol–water partition coefficient (Wildman–Crippen LogP) is 0.507. The topological polar surface area (TPSA) is 65.6 Å². The van der Waals surface area contributed by atoms with Crippen molar-refractivity contribution >= 4 is 5.78 Å². The molecular weight excluding hydrogens is 232 g/mol. The van der Waals surface area contributed by atoms with Crippen LogP contribution in [-0.4, -0.2) is 59.7 Å². The summed E-state index contributed by atoms with van der Waals surface area (Å²) in [6, 6.07) is 1.89. The number of nitrogens with zero attached hydrogens (tertiary/aromatic N) is 1. The Morgan fingerprint density at radius 3 is 3.00 bits per heavy atom. The highest BCUT2D eigenvalue weighted by Gasteiger charge is 2.22. The maximum Gasteiger partial charge on any atom is 0.178 e. The van der Waals surface area contributed by atoms with Gasteiger partial charge in [0.25, 0.3) is 0 Å². The molecule has 2 N–H and O–H groups in total. The highest BCUT2D eigenvalue weighted by atomic mass is 16.5. The number of ether oxygens (including phenoxy) is 1. The number of ketones is 1. The molecule has 1 fully saturated rings. The van der Waals surface area contributed by atoms with E-state index in [0.29, 0.717) is 19.7 Å². The molecule has 1 aliphatic heterocycles. The van der Waals surface area contributed by atoms with Gasteiger partial charge in [0.2, 0.25) is 0 Å². The van der Waals surface area contributed by atoms with Crippen LogP contribution in [0.3, 0.4) is 0 Å². The molecular formula is C13H20N2O3. The van der Waals surface area contributed by atoms with Crippen molar-refractivity contribution in [2.45, 2.75) is 20.0 Å². The van der Waals surface area contributed by atoms with Crippen molar-refractivity contribution in [1.29, 1.82) is 0 Å². The fourth-order valence-electron chi connectivity index (χ4n) is 2.34. The van der Waals surface area contributed by atoms with E-state index in [1.165, 1.54) is 0 Å². The molecule has 0 aromatic carbocycles. The van der Waals surface area contributed by atoms with Crippen LogP contribution in [-0.2, 0) is 4.74 Å². The van der Waals surface area contributed by atoms with Crippen LogP contribution in [0.4, 0.5) is 0 Å². The number of hydrogen-bond acceptors (Lipinski definition) is 4. The Labute approximate surface area is 107 Å². The Kier molecular flexibility index (Phi) is 4.16. The largest absolute Gasteiger partial charge is 0.394 e. The number of aryl methyl sites for hydroxylation is 2. The first-order valence-corrected chi connectivity index (χ1v) is 6.24. The molecule has 100 valence electrons. The van der Waals surface area contributed by atoms with Crippen LogP contribution in [0.1, 0.15) is 21.7 Å². The maximum atomic E-state index is 12.2. The highest BCUT2D eigenvalue weighted by Crippen LogP contribution is 2.12. The van der Waals surface area contributed by atoms with E-state index in [9.17, 15) is 4.79 Å². The number of rotatable bonds is 4. The van der Waals surface area contributed by atoms with Gasteiger partial charge >= 0.3 is 0 Å². The third kappa shape index (κ3) is 2.98. The van der Waals surface area contributed by atoms with Crippen LogP contribution in [0.2, 0.25) is 0 Å². The first-order valence-electron chi connectivity index (χ1n) is 6.24. The summed E-state index contributed by atoms with van der Waals surface area (Å²) in [5.74, 6) is 0.121. The van der Waals surface area contributed by atoms with Crippen LogP contribution in [0.5, 0.6) is 0 Å². The summed E-state index contributed by atoms with van der Waals surface area (Å²) in [6.45, 7) is 6.18. The zero-order valence-corrected chi connectivity index (χ0v) is 10.9. The number of nitrogens with one attached hydrogen (secondary N) is 1. The van der Waals surface area contributed by atoms with E-state index >= 15 is 0 Å². The van der Waals surface area contributed by atoms with Crippen molar-refractivity contribution in [2.75, 3.05) is 32.8 Å². The predicted molar refractivity (Wildman–Crippen MR) is 67.9 cm³/mol. The van der Waals surface area contributed by atoms with Gasteiger partial charge in [0.1, 0.15) is 0 Å². The highest BCUT2D eigenvalue weighted by molar-refractivity contribution is 5.98. The third-order valence-corrected chi connectivity index (χ3v) is 3.24. The average molecular weight is 252 g/mol. The molecule has 0 aliphatic carbocycles. The number of hydrogen-bond donors (Lipinski definition) is 2. The maximum absolute atomic E-state index is 12.2. The molecule has 1 aromatic rings. The molecule has 0 saturated carbocycles. The fraction of sp³-hybridized carbons (Fsp3) is 0.615. The van der Waals surface area contributed by atoms with Gasteiger partial charge in [0.15, 0.2) is 5.78 Å². The molecule has 0 bridgehead atoms. The minimum absolute atomic E-state index is 0.00693. The van der Waals surface area contributed by atoms with Gasteiger partial charge in [-0.15, -0.1) is 0 Å². The molecule has 1 aromatic heterocycles. The lowest BCUT2D eigenvalue weighted by atomic mass is 10.1. The van der Waals surface area contributed by atoms with Crippen molar-refractivity contribution in [2.24, 2.45) is 0 Å². The van der Waals surface area contributed by atoms with Gasteiger partial charge in [-0.25, -0.2) is 0 Å². The van der Waals surface area contributed by atoms with E-state index in [1.807, 2.05) is 24.8 Å². The number of Topliss-reactive ketones (excluding diaryl/α,β-unsaturated/α-hetero) is 1. The van der Waals surface area contributed by atoms with E-state index in [2.05, 4.69) is 4.98 Å². The van der Waals surface area contributed by atoms with Crippen LogP contribution in [0.15, 0.2) is 6.07 Å². The van der Waals surface area contributed by atoms with Gasteiger partial charge in [-0.3, -0.25) is 9.69 Å². The van der Waals surface area contributed by atoms with Crippen molar-refractivity contribution in [3.63, 3.8) is 0 Å². The van der Waals surface area contributed by atoms with Crippen molar-refractivity contribution in [1.82, 2.24) is 9.88 Å². The Hall–Kier alpha value is -1.17. The summed E-state index contributed by atoms with van der Waals surface area (Å²) in [4.78, 5) is 17.4. The van der Waals surface area contributed by atoms with E-state index in [1.54, 1.807) is 0 Å². The van der Waals surface area contributed by atoms with Gasteiger partial charge in [-0.1, -0.05) is 0 Å². The van der Waals surface area contributed by atoms with E-state index in [-0.39, 0.29) is 18.5 Å². The van der Waals surface area contributed by atoms with Crippen LogP contribution < -0.4 is 0 Å². The zero-order chi connectivity index (χ0) is 13.1. The lowest BCUT2D eigenvalue weighted by Crippen LogP contribution is -2.46. The molecule has 1 atom stereocenters. The SMILES string of the molecule is Cc1cc(C(=O)CN2CCOC(CO)C2)c(C)[nH]1. The summed E-state index contributed by atoms with van der Waals surface area (Å²) < 4.78 is 5.36. The minimum atomic E-state index is -0.166. The Bertz CT molecular complexity index is 428. The number of H-pyrrole nitrogens is 1. The van der Waals surface area contributed by atoms with Gasteiger partial charge in [-0.2, -0.15) is 0 Å². The Morgan fingerprint density at radius 2 is 2.39 bits per heavy atom. The van der Waals surface area contributed by atoms with Crippen LogP contribution in [0.25, 0.3) is 0 Å². The summed E-state index contributed by atoms with van der Waals surface area (Å²) in [5.41, 5.74) is 2.69. The quantitative estimate of drug-likeness (QED) is 0.766. The number of aliphatic hydroxyl groups is 1. The first-order chi connectivity index (χ1) is 8.60. The molecule has 5 heteroatoms. The monoisotopic (exact) mass is 252 g/mol. The van der Waals surface area contributed by atoms with Crippen molar-refractivity contribution in [3.8, 4) is 0 Å². The van der Waals surface area contributed by atoms with Gasteiger partial charge < -0.3 is 14.8 Å². The molecule has 1 saturated heterocycles. The van der Waals surface area contributed by atoms with E-state index < -0.39 is 0 Å². The molecule has 0 spiro atoms. The lowest BCUT2D eigenvalue weighted by molar-refractivity contribution is -0.0503. The zero-order valence-electron chi connectivity index (χ0n) is 10.9. The molecule has 2 heterocycles. The molecule has 1 unspecified atom stereocenters. The normalized spacial score (nSPS) is 21.2. The van der Waals surface area contributed by atoms with Crippen LogP contribution >= 0.6 is 0 Å². The van der Waals surface area contributed by atoms with Gasteiger partial charge in [0, 0.05) is 30.0 Å². The van der Waals surface area contributed by atoms with E-state index in [4.69, 9.17) is 9.84 Å². The van der Waals surface area contributed by atoms with Gasteiger partial charge in [0.05, 0.1) is 25.9 Å². The third-order valence-electron chi connectivity index (χ3n) is 3.24. The second-order valence-electron chi connectivity index (χ2n) is 4.82. The molecule has 0 radical (unpaired) electrons. The number of aromatic amines is 1. The van der Waals surface area contributed by atoms with Crippen molar-refractivity contribution in [3.05, 3.63) is 23.0 Å². The molecule has 2 rings (SSSR count). The summed E-state index contributed by atoms with van der Waals surface area (Å²) >= 11 is 0. The summed E-state index contributed by atoms with van der Waals surface area (Å²) in [5, 5.41) is 9.07. The number of carbonyl (C=O) groups excluding carboxylic acids is 1. The Morgan fingerprint density at radius 1 is 1.61 bits per heavy atom. The molecule has 1 aliphatic rings. The number of aromatic nitrogens is 1. The van der Waals surface area contributed by atoms with Crippen molar-refractivity contribution < 1.29 is 14.6 Å². The second-order valence-corrected chi connectivity index (χ2v) is 4.82.